The fraction of sp³-hybridized carbons (Fsp3) is 0.633. The van der Waals surface area contributed by atoms with E-state index in [-0.39, 0.29) is 46.6 Å². The van der Waals surface area contributed by atoms with E-state index in [0.29, 0.717) is 45.7 Å². The maximum Gasteiger partial charge on any atom is 0.335 e. The molecule has 11 nitrogen and oxygen atoms in total. The second-order valence-electron chi connectivity index (χ2n) is 18.8. The molecule has 0 bridgehead atoms. The standard InChI is InChI=1S/C49H72O11Si2/c1-32(2)61(33(3)4)55-31-46-42(59-62(60-61,34(5)6)35(7)8)20-15-19-40-41(57-46)26-25-39(50)44(56-40)28-45-48(53-30-37-21-23-38(51-9)24-22-37)49(54-29-36-16-11-10-12-17-36)47-43(58-45)18-13-14-27-52-47/h10-17,20-26,32-35,39-50H,18-19,27-31H2,1-9H3/b20-15-/t39?,40-,41+,42+,43+,44?,45-,46-,47+,48-,49-/m1/s1. The van der Waals surface area contributed by atoms with Crippen LogP contribution in [0.4, 0.5) is 0 Å². The first-order valence-corrected chi connectivity index (χ1v) is 27.0. The van der Waals surface area contributed by atoms with E-state index in [1.807, 2.05) is 60.7 Å². The molecule has 1 N–H and O–H groups in total. The second-order valence-corrected chi connectivity index (χ2v) is 27.6. The number of hydrogen-bond donors (Lipinski definition) is 1. The summed E-state index contributed by atoms with van der Waals surface area (Å²) in [7, 11) is -3.98. The highest BCUT2D eigenvalue weighted by molar-refractivity contribution is 6.84. The number of fused-ring (bicyclic) bond motifs is 3. The number of rotatable bonds is 13. The molecule has 0 aromatic heterocycles. The summed E-state index contributed by atoms with van der Waals surface area (Å²) >= 11 is 0. The summed E-state index contributed by atoms with van der Waals surface area (Å²) in [5.74, 6) is 0.777. The largest absolute Gasteiger partial charge is 0.497 e. The molecule has 0 spiro atoms. The van der Waals surface area contributed by atoms with Crippen molar-refractivity contribution in [3.05, 3.63) is 102 Å². The van der Waals surface area contributed by atoms with Gasteiger partial charge in [0.25, 0.3) is 0 Å². The molecule has 0 amide bonds. The van der Waals surface area contributed by atoms with Crippen molar-refractivity contribution >= 4 is 17.1 Å². The van der Waals surface area contributed by atoms with Crippen LogP contribution in [0, 0.1) is 0 Å². The lowest BCUT2D eigenvalue weighted by Gasteiger charge is -2.52. The quantitative estimate of drug-likeness (QED) is 0.154. The van der Waals surface area contributed by atoms with Gasteiger partial charge >= 0.3 is 17.1 Å². The Morgan fingerprint density at radius 3 is 1.97 bits per heavy atom. The zero-order valence-corrected chi connectivity index (χ0v) is 40.3. The van der Waals surface area contributed by atoms with Crippen LogP contribution in [0.25, 0.3) is 0 Å². The van der Waals surface area contributed by atoms with E-state index in [0.717, 1.165) is 16.9 Å². The summed E-state index contributed by atoms with van der Waals surface area (Å²) in [4.78, 5) is 0. The van der Waals surface area contributed by atoms with Crippen molar-refractivity contribution in [2.45, 2.75) is 177 Å². The van der Waals surface area contributed by atoms with E-state index in [9.17, 15) is 5.11 Å². The molecule has 2 aromatic carbocycles. The normalized spacial score (nSPS) is 33.9. The van der Waals surface area contributed by atoms with E-state index < -0.39 is 59.8 Å². The molecule has 62 heavy (non-hydrogen) atoms. The Labute approximate surface area is 372 Å². The lowest BCUT2D eigenvalue weighted by atomic mass is 9.89. The molecule has 7 rings (SSSR count). The molecule has 5 aliphatic heterocycles. The fourth-order valence-corrected chi connectivity index (χ4v) is 21.0. The smallest absolute Gasteiger partial charge is 0.335 e. The monoisotopic (exact) mass is 892 g/mol. The van der Waals surface area contributed by atoms with Crippen molar-refractivity contribution in [1.82, 2.24) is 0 Å². The summed E-state index contributed by atoms with van der Waals surface area (Å²) in [5, 5.41) is 11.9. The molecule has 0 aliphatic carbocycles. The van der Waals surface area contributed by atoms with E-state index >= 15 is 0 Å². The lowest BCUT2D eigenvalue weighted by Crippen LogP contribution is -2.65. The average Bonchev–Trinajstić information content (AvgIpc) is 3.56. The van der Waals surface area contributed by atoms with E-state index in [1.54, 1.807) is 7.11 Å². The number of methoxy groups -OCH3 is 1. The molecule has 2 unspecified atom stereocenters. The van der Waals surface area contributed by atoms with Gasteiger partial charge in [-0.15, -0.1) is 0 Å². The third-order valence-electron chi connectivity index (χ3n) is 13.3. The van der Waals surface area contributed by atoms with Crippen molar-refractivity contribution in [3.8, 4) is 5.75 Å². The average molecular weight is 893 g/mol. The Morgan fingerprint density at radius 2 is 1.29 bits per heavy atom. The van der Waals surface area contributed by atoms with Crippen LogP contribution < -0.4 is 4.74 Å². The van der Waals surface area contributed by atoms with Gasteiger partial charge in [0, 0.05) is 6.42 Å². The minimum Gasteiger partial charge on any atom is -0.497 e. The van der Waals surface area contributed by atoms with Crippen LogP contribution in [-0.2, 0) is 54.6 Å². The van der Waals surface area contributed by atoms with Gasteiger partial charge in [-0.3, -0.25) is 0 Å². The first kappa shape index (κ1) is 47.5. The van der Waals surface area contributed by atoms with Crippen LogP contribution in [0.5, 0.6) is 5.75 Å². The Bertz CT molecular complexity index is 1770. The molecule has 5 aliphatic rings. The van der Waals surface area contributed by atoms with E-state index in [2.05, 4.69) is 85.8 Å². The molecule has 0 radical (unpaired) electrons. The molecule has 2 aromatic rings. The maximum absolute atomic E-state index is 11.9. The summed E-state index contributed by atoms with van der Waals surface area (Å²) in [5.41, 5.74) is 2.87. The molecule has 5 heterocycles. The molecule has 11 atom stereocenters. The van der Waals surface area contributed by atoms with E-state index in [1.165, 1.54) is 0 Å². The number of aliphatic hydroxyl groups is 1. The van der Waals surface area contributed by atoms with Crippen LogP contribution in [0.3, 0.4) is 0 Å². The van der Waals surface area contributed by atoms with E-state index in [4.69, 9.17) is 46.1 Å². The highest BCUT2D eigenvalue weighted by atomic mass is 28.5. The topological polar surface area (TPSA) is 113 Å². The third kappa shape index (κ3) is 10.6. The predicted octanol–water partition coefficient (Wildman–Crippen LogP) is 9.02. The van der Waals surface area contributed by atoms with Gasteiger partial charge in [-0.25, -0.2) is 0 Å². The summed E-state index contributed by atoms with van der Waals surface area (Å²) in [6.07, 6.45) is 8.53. The van der Waals surface area contributed by atoms with Crippen LogP contribution in [-0.4, -0.2) is 110 Å². The molecular formula is C49H72O11Si2. The molecular weight excluding hydrogens is 821 g/mol. The minimum atomic E-state index is -2.85. The highest BCUT2D eigenvalue weighted by Crippen LogP contribution is 2.47. The van der Waals surface area contributed by atoms with Crippen LogP contribution in [0.2, 0.25) is 22.2 Å². The molecule has 342 valence electrons. The summed E-state index contributed by atoms with van der Waals surface area (Å²) in [6.45, 7) is 19.3. The first-order chi connectivity index (χ1) is 29.8. The fourth-order valence-electron chi connectivity index (χ4n) is 9.85. The van der Waals surface area contributed by atoms with Gasteiger partial charge in [-0.05, 0) is 58.3 Å². The van der Waals surface area contributed by atoms with Gasteiger partial charge in [0.2, 0.25) is 0 Å². The van der Waals surface area contributed by atoms with Crippen LogP contribution in [0.15, 0.2) is 91.1 Å². The van der Waals surface area contributed by atoms with Crippen molar-refractivity contribution in [2.75, 3.05) is 20.3 Å². The third-order valence-corrected chi connectivity index (χ3v) is 23.6. The molecule has 2 saturated heterocycles. The summed E-state index contributed by atoms with van der Waals surface area (Å²) < 4.78 is 68.4. The number of benzene rings is 2. The highest BCUT2D eigenvalue weighted by Gasteiger charge is 2.59. The Morgan fingerprint density at radius 1 is 0.645 bits per heavy atom. The van der Waals surface area contributed by atoms with Crippen LogP contribution >= 0.6 is 0 Å². The second kappa shape index (κ2) is 21.2. The Balaban J connectivity index is 1.15. The lowest BCUT2D eigenvalue weighted by molar-refractivity contribution is -0.266. The maximum atomic E-state index is 11.9. The number of aliphatic hydroxyl groups excluding tert-OH is 1. The zero-order chi connectivity index (χ0) is 44.0. The van der Waals surface area contributed by atoms with Gasteiger partial charge in [0.05, 0.1) is 70.2 Å². The Kier molecular flexibility index (Phi) is 16.2. The molecule has 13 heteroatoms. The SMILES string of the molecule is COc1ccc(CO[C@H]2[C@H](OCc3ccccc3)[C@H]3OCC=CC[C@@H]3O[C@@H]2CC2O[C@@H]3C/C=C\[C@@H]4O[Si](C(C)C)(C(C)C)O[Si](C(C)C)(C(C)C)OC[C@H]4O[C@H]3C=CC2O)cc1. The predicted molar refractivity (Wildman–Crippen MR) is 243 cm³/mol. The Hall–Kier alpha value is -2.51. The molecule has 0 saturated carbocycles. The number of hydrogen-bond acceptors (Lipinski definition) is 11. The summed E-state index contributed by atoms with van der Waals surface area (Å²) in [6, 6.07) is 18.0. The van der Waals surface area contributed by atoms with Crippen molar-refractivity contribution in [2.24, 2.45) is 0 Å². The minimum absolute atomic E-state index is 0.197. The number of ether oxygens (including phenoxy) is 7. The van der Waals surface area contributed by atoms with Crippen molar-refractivity contribution in [3.63, 3.8) is 0 Å². The van der Waals surface area contributed by atoms with Gasteiger partial charge in [0.15, 0.2) is 0 Å². The van der Waals surface area contributed by atoms with Gasteiger partial charge in [-0.1, -0.05) is 134 Å². The first-order valence-electron chi connectivity index (χ1n) is 23.0. The zero-order valence-electron chi connectivity index (χ0n) is 38.3. The van der Waals surface area contributed by atoms with Gasteiger partial charge in [0.1, 0.15) is 36.3 Å². The van der Waals surface area contributed by atoms with Crippen molar-refractivity contribution < 1.29 is 51.2 Å². The van der Waals surface area contributed by atoms with Gasteiger partial charge < -0.3 is 51.2 Å². The van der Waals surface area contributed by atoms with Gasteiger partial charge in [-0.2, -0.15) is 0 Å². The molecule has 2 fully saturated rings. The van der Waals surface area contributed by atoms with Crippen molar-refractivity contribution in [1.29, 1.82) is 0 Å². The van der Waals surface area contributed by atoms with Crippen LogP contribution in [0.1, 0.15) is 85.8 Å².